The number of hydrogen-bond acceptors (Lipinski definition) is 3. The van der Waals surface area contributed by atoms with Crippen LogP contribution in [0.4, 0.5) is 0 Å². The summed E-state index contributed by atoms with van der Waals surface area (Å²) in [6.45, 7) is 10.8. The Balaban J connectivity index is 2.10. The highest BCUT2D eigenvalue weighted by atomic mass is 16.5. The molecule has 0 saturated heterocycles. The number of rotatable bonds is 12. The number of fused-ring (bicyclic) bond motifs is 3. The van der Waals surface area contributed by atoms with Gasteiger partial charge in [-0.2, -0.15) is 0 Å². The molecule has 0 amide bonds. The van der Waals surface area contributed by atoms with Crippen molar-refractivity contribution in [2.45, 2.75) is 72.6 Å². The van der Waals surface area contributed by atoms with Crippen molar-refractivity contribution < 1.29 is 14.2 Å². The standard InChI is InChI=1S/C26H36O3/c1-5-8-15-27-24-19(4)23-21-14-12-11-13-20(21)18-22(23)25(28-16-9-6-2)26(24)29-17-10-7-3/h11-14H,5-10,15-18H2,1-4H3. The van der Waals surface area contributed by atoms with Crippen LogP contribution in [-0.4, -0.2) is 19.8 Å². The van der Waals surface area contributed by atoms with Gasteiger partial charge in [-0.25, -0.2) is 0 Å². The smallest absolute Gasteiger partial charge is 0.204 e. The van der Waals surface area contributed by atoms with Gasteiger partial charge in [-0.15, -0.1) is 0 Å². The third-order valence-electron chi connectivity index (χ3n) is 5.59. The molecular weight excluding hydrogens is 360 g/mol. The van der Waals surface area contributed by atoms with Crippen molar-refractivity contribution in [2.24, 2.45) is 0 Å². The maximum Gasteiger partial charge on any atom is 0.204 e. The molecule has 29 heavy (non-hydrogen) atoms. The molecule has 1 aliphatic rings. The highest BCUT2D eigenvalue weighted by Crippen LogP contribution is 2.53. The largest absolute Gasteiger partial charge is 0.489 e. The van der Waals surface area contributed by atoms with Crippen molar-refractivity contribution in [3.63, 3.8) is 0 Å². The first-order valence-electron chi connectivity index (χ1n) is 11.4. The molecule has 158 valence electrons. The van der Waals surface area contributed by atoms with E-state index in [-0.39, 0.29) is 0 Å². The summed E-state index contributed by atoms with van der Waals surface area (Å²) in [7, 11) is 0. The van der Waals surface area contributed by atoms with Crippen LogP contribution in [0.15, 0.2) is 24.3 Å². The van der Waals surface area contributed by atoms with Crippen LogP contribution in [0.3, 0.4) is 0 Å². The first kappa shape index (κ1) is 21.5. The summed E-state index contributed by atoms with van der Waals surface area (Å²) in [5.41, 5.74) is 6.38. The van der Waals surface area contributed by atoms with Crippen molar-refractivity contribution in [3.8, 4) is 28.4 Å². The fraction of sp³-hybridized carbons (Fsp3) is 0.538. The molecule has 0 radical (unpaired) electrons. The molecule has 3 nitrogen and oxygen atoms in total. The summed E-state index contributed by atoms with van der Waals surface area (Å²) in [6.07, 6.45) is 7.32. The second kappa shape index (κ2) is 10.6. The minimum Gasteiger partial charge on any atom is -0.489 e. The van der Waals surface area contributed by atoms with E-state index < -0.39 is 0 Å². The van der Waals surface area contributed by atoms with E-state index in [9.17, 15) is 0 Å². The molecule has 0 aliphatic heterocycles. The molecule has 2 aromatic rings. The van der Waals surface area contributed by atoms with E-state index in [1.807, 2.05) is 0 Å². The van der Waals surface area contributed by atoms with Crippen molar-refractivity contribution in [1.82, 2.24) is 0 Å². The first-order chi connectivity index (χ1) is 14.2. The summed E-state index contributed by atoms with van der Waals surface area (Å²) in [4.78, 5) is 0. The zero-order valence-corrected chi connectivity index (χ0v) is 18.6. The average molecular weight is 397 g/mol. The van der Waals surface area contributed by atoms with Gasteiger partial charge in [0, 0.05) is 17.5 Å². The summed E-state index contributed by atoms with van der Waals surface area (Å²) < 4.78 is 19.0. The zero-order valence-electron chi connectivity index (χ0n) is 18.6. The Kier molecular flexibility index (Phi) is 7.85. The van der Waals surface area contributed by atoms with E-state index in [1.54, 1.807) is 0 Å². The predicted molar refractivity (Wildman–Crippen MR) is 121 cm³/mol. The third-order valence-corrected chi connectivity index (χ3v) is 5.59. The zero-order chi connectivity index (χ0) is 20.6. The number of ether oxygens (including phenoxy) is 3. The maximum absolute atomic E-state index is 6.38. The Morgan fingerprint density at radius 2 is 1.28 bits per heavy atom. The molecule has 1 aliphatic carbocycles. The third kappa shape index (κ3) is 4.71. The summed E-state index contributed by atoms with van der Waals surface area (Å²) >= 11 is 0. The van der Waals surface area contributed by atoms with Crippen LogP contribution in [0.5, 0.6) is 17.2 Å². The Labute approximate surface area is 176 Å². The van der Waals surface area contributed by atoms with E-state index in [2.05, 4.69) is 52.0 Å². The molecule has 0 atom stereocenters. The molecule has 0 saturated carbocycles. The first-order valence-corrected chi connectivity index (χ1v) is 11.4. The van der Waals surface area contributed by atoms with Gasteiger partial charge in [-0.3, -0.25) is 0 Å². The fourth-order valence-electron chi connectivity index (χ4n) is 3.92. The van der Waals surface area contributed by atoms with Crippen LogP contribution in [0.2, 0.25) is 0 Å². The van der Waals surface area contributed by atoms with E-state index in [0.29, 0.717) is 19.8 Å². The normalized spacial score (nSPS) is 11.9. The summed E-state index contributed by atoms with van der Waals surface area (Å²) in [5, 5.41) is 0. The lowest BCUT2D eigenvalue weighted by Gasteiger charge is -2.23. The van der Waals surface area contributed by atoms with Crippen LogP contribution < -0.4 is 14.2 Å². The van der Waals surface area contributed by atoms with Crippen LogP contribution in [0.25, 0.3) is 11.1 Å². The lowest BCUT2D eigenvalue weighted by atomic mass is 9.98. The van der Waals surface area contributed by atoms with Crippen LogP contribution in [-0.2, 0) is 6.42 Å². The molecule has 0 N–H and O–H groups in total. The van der Waals surface area contributed by atoms with Crippen LogP contribution in [0.1, 0.15) is 76.0 Å². The predicted octanol–water partition coefficient (Wildman–Crippen LogP) is 7.10. The lowest BCUT2D eigenvalue weighted by Crippen LogP contribution is -2.09. The van der Waals surface area contributed by atoms with Gasteiger partial charge in [0.05, 0.1) is 19.8 Å². The van der Waals surface area contributed by atoms with Gasteiger partial charge in [0.2, 0.25) is 5.75 Å². The van der Waals surface area contributed by atoms with Crippen molar-refractivity contribution in [1.29, 1.82) is 0 Å². The van der Waals surface area contributed by atoms with Gasteiger partial charge >= 0.3 is 0 Å². The van der Waals surface area contributed by atoms with E-state index >= 15 is 0 Å². The van der Waals surface area contributed by atoms with Gasteiger partial charge < -0.3 is 14.2 Å². The minimum atomic E-state index is 0.690. The highest BCUT2D eigenvalue weighted by molar-refractivity contribution is 5.86. The number of unbranched alkanes of at least 4 members (excludes halogenated alkanes) is 3. The molecule has 2 aromatic carbocycles. The Morgan fingerprint density at radius 3 is 1.90 bits per heavy atom. The van der Waals surface area contributed by atoms with E-state index in [1.165, 1.54) is 27.8 Å². The Morgan fingerprint density at radius 1 is 0.724 bits per heavy atom. The maximum atomic E-state index is 6.38. The number of hydrogen-bond donors (Lipinski definition) is 0. The SMILES string of the molecule is CCCCOc1c(C)c2c(c(OCCCC)c1OCCCC)Cc1ccccc1-2. The molecule has 0 aromatic heterocycles. The molecule has 3 heteroatoms. The topological polar surface area (TPSA) is 27.7 Å². The van der Waals surface area contributed by atoms with Crippen LogP contribution in [0, 0.1) is 6.92 Å². The fourth-order valence-corrected chi connectivity index (χ4v) is 3.92. The van der Waals surface area contributed by atoms with Crippen LogP contribution >= 0.6 is 0 Å². The highest BCUT2D eigenvalue weighted by Gasteiger charge is 2.31. The molecule has 0 bridgehead atoms. The quantitative estimate of drug-likeness (QED) is 0.305. The molecular formula is C26H36O3. The van der Waals surface area contributed by atoms with Crippen molar-refractivity contribution >= 4 is 0 Å². The van der Waals surface area contributed by atoms with Gasteiger partial charge in [-0.1, -0.05) is 64.3 Å². The van der Waals surface area contributed by atoms with Gasteiger partial charge in [0.15, 0.2) is 11.5 Å². The molecule has 3 rings (SSSR count). The van der Waals surface area contributed by atoms with Gasteiger partial charge in [-0.05, 0) is 42.9 Å². The van der Waals surface area contributed by atoms with Gasteiger partial charge in [0.25, 0.3) is 0 Å². The molecule has 0 heterocycles. The lowest BCUT2D eigenvalue weighted by molar-refractivity contribution is 0.235. The van der Waals surface area contributed by atoms with Gasteiger partial charge in [0.1, 0.15) is 0 Å². The summed E-state index contributed by atoms with van der Waals surface area (Å²) in [5.74, 6) is 2.59. The molecule has 0 spiro atoms. The second-order valence-corrected chi connectivity index (χ2v) is 7.91. The monoisotopic (exact) mass is 396 g/mol. The summed E-state index contributed by atoms with van der Waals surface area (Å²) in [6, 6.07) is 8.68. The van der Waals surface area contributed by atoms with E-state index in [0.717, 1.165) is 62.2 Å². The van der Waals surface area contributed by atoms with Crippen molar-refractivity contribution in [2.75, 3.05) is 19.8 Å². The molecule has 0 fully saturated rings. The Hall–Kier alpha value is -2.16. The van der Waals surface area contributed by atoms with Crippen molar-refractivity contribution in [3.05, 3.63) is 41.0 Å². The second-order valence-electron chi connectivity index (χ2n) is 7.91. The molecule has 0 unspecified atom stereocenters. The minimum absolute atomic E-state index is 0.690. The Bertz CT molecular complexity index is 810. The number of benzene rings is 2. The van der Waals surface area contributed by atoms with E-state index in [4.69, 9.17) is 14.2 Å². The average Bonchev–Trinajstić information content (AvgIpc) is 3.12.